The molecule has 2 heterocycles. The summed E-state index contributed by atoms with van der Waals surface area (Å²) in [6.45, 7) is 4.41. The lowest BCUT2D eigenvalue weighted by Crippen LogP contribution is -2.57. The number of likely N-dealkylation sites (tertiary alicyclic amines) is 1. The molecule has 8 heteroatoms. The number of aliphatic hydroxyl groups is 1. The van der Waals surface area contributed by atoms with Gasteiger partial charge in [0.25, 0.3) is 5.91 Å². The Kier molecular flexibility index (Phi) is 6.74. The molecule has 2 amide bonds. The molecule has 1 aliphatic heterocycles. The van der Waals surface area contributed by atoms with E-state index < -0.39 is 23.2 Å². The molecular formula is C25H32N2O6. The fraction of sp³-hybridized carbons (Fsp3) is 0.560. The molecule has 2 aromatic rings. The maximum atomic E-state index is 12.9. The quantitative estimate of drug-likeness (QED) is 0.646. The van der Waals surface area contributed by atoms with Crippen LogP contribution in [0.3, 0.4) is 0 Å². The summed E-state index contributed by atoms with van der Waals surface area (Å²) in [5.74, 6) is -0.0431. The van der Waals surface area contributed by atoms with Crippen LogP contribution in [-0.2, 0) is 16.0 Å². The number of fused-ring (bicyclic) bond motifs is 2. The van der Waals surface area contributed by atoms with Crippen LogP contribution in [-0.4, -0.2) is 53.2 Å². The van der Waals surface area contributed by atoms with Crippen molar-refractivity contribution < 1.29 is 23.8 Å². The van der Waals surface area contributed by atoms with Gasteiger partial charge in [-0.1, -0.05) is 19.8 Å². The number of rotatable bonds is 6. The van der Waals surface area contributed by atoms with Gasteiger partial charge in [0.1, 0.15) is 17.4 Å². The first-order valence-electron chi connectivity index (χ1n) is 11.8. The van der Waals surface area contributed by atoms with Crippen LogP contribution in [0.25, 0.3) is 11.0 Å². The fourth-order valence-electron chi connectivity index (χ4n) is 5.13. The lowest BCUT2D eigenvalue weighted by molar-refractivity contribution is -0.146. The van der Waals surface area contributed by atoms with Crippen LogP contribution in [0, 0.1) is 5.92 Å². The number of nitrogens with one attached hydrogen (secondary N) is 1. The molecule has 1 aliphatic carbocycles. The Balaban J connectivity index is 1.31. The van der Waals surface area contributed by atoms with Gasteiger partial charge in [0.2, 0.25) is 5.91 Å². The maximum Gasteiger partial charge on any atom is 0.336 e. The summed E-state index contributed by atoms with van der Waals surface area (Å²) in [6, 6.07) is 5.92. The molecule has 1 saturated heterocycles. The number of amides is 2. The molecule has 0 radical (unpaired) electrons. The Hall–Kier alpha value is -2.87. The molecule has 0 spiro atoms. The highest BCUT2D eigenvalue weighted by atomic mass is 16.5. The third-order valence-electron chi connectivity index (χ3n) is 7.04. The largest absolute Gasteiger partial charge is 0.484 e. The Morgan fingerprint density at radius 1 is 1.30 bits per heavy atom. The molecule has 1 aromatic carbocycles. The van der Waals surface area contributed by atoms with Crippen LogP contribution >= 0.6 is 0 Å². The highest BCUT2D eigenvalue weighted by molar-refractivity contribution is 5.88. The van der Waals surface area contributed by atoms with Gasteiger partial charge in [0.05, 0.1) is 5.60 Å². The second-order valence-electron chi connectivity index (χ2n) is 9.26. The molecule has 3 atom stereocenters. The molecule has 2 N–H and O–H groups in total. The Morgan fingerprint density at radius 3 is 2.91 bits per heavy atom. The van der Waals surface area contributed by atoms with Gasteiger partial charge in [-0.2, -0.15) is 0 Å². The lowest BCUT2D eigenvalue weighted by Gasteiger charge is -2.47. The zero-order valence-corrected chi connectivity index (χ0v) is 19.3. The van der Waals surface area contributed by atoms with Crippen molar-refractivity contribution in [3.05, 3.63) is 40.2 Å². The van der Waals surface area contributed by atoms with Crippen LogP contribution in [0.2, 0.25) is 0 Å². The summed E-state index contributed by atoms with van der Waals surface area (Å²) in [7, 11) is 0. The summed E-state index contributed by atoms with van der Waals surface area (Å²) in [6.07, 6.45) is 5.15. The third-order valence-corrected chi connectivity index (χ3v) is 7.04. The highest BCUT2D eigenvalue weighted by Crippen LogP contribution is 2.39. The predicted molar refractivity (Wildman–Crippen MR) is 123 cm³/mol. The maximum absolute atomic E-state index is 12.9. The van der Waals surface area contributed by atoms with Gasteiger partial charge in [-0.15, -0.1) is 0 Å². The number of aryl methyl sites for hydroxylation is 1. The van der Waals surface area contributed by atoms with Gasteiger partial charge in [-0.25, -0.2) is 4.79 Å². The van der Waals surface area contributed by atoms with E-state index in [1.165, 1.54) is 6.07 Å². The minimum absolute atomic E-state index is 0.108. The Bertz CT molecular complexity index is 1100. The van der Waals surface area contributed by atoms with Crippen LogP contribution in [0.5, 0.6) is 5.75 Å². The number of nitrogens with zero attached hydrogens (tertiary/aromatic N) is 1. The van der Waals surface area contributed by atoms with E-state index in [0.717, 1.165) is 36.6 Å². The number of carbonyl (C=O) groups excluding carboxylic acids is 2. The van der Waals surface area contributed by atoms with E-state index in [-0.39, 0.29) is 18.4 Å². The number of carbonyl (C=O) groups is 2. The normalized spacial score (nSPS) is 23.6. The number of benzene rings is 1. The first kappa shape index (κ1) is 23.3. The molecule has 1 saturated carbocycles. The summed E-state index contributed by atoms with van der Waals surface area (Å²) in [5, 5.41) is 14.4. The zero-order valence-electron chi connectivity index (χ0n) is 19.3. The summed E-state index contributed by atoms with van der Waals surface area (Å²) >= 11 is 0. The van der Waals surface area contributed by atoms with E-state index >= 15 is 0 Å². The number of ether oxygens (including phenoxy) is 1. The van der Waals surface area contributed by atoms with Gasteiger partial charge in [0.15, 0.2) is 6.61 Å². The predicted octanol–water partition coefficient (Wildman–Crippen LogP) is 2.39. The van der Waals surface area contributed by atoms with E-state index in [1.54, 1.807) is 30.0 Å². The van der Waals surface area contributed by atoms with Crippen LogP contribution in [0.15, 0.2) is 33.5 Å². The van der Waals surface area contributed by atoms with Crippen molar-refractivity contribution in [2.45, 2.75) is 64.0 Å². The summed E-state index contributed by atoms with van der Waals surface area (Å²) < 4.78 is 10.8. The van der Waals surface area contributed by atoms with E-state index in [1.807, 2.05) is 6.92 Å². The Labute approximate surface area is 192 Å². The molecule has 178 valence electrons. The van der Waals surface area contributed by atoms with Crippen molar-refractivity contribution in [1.82, 2.24) is 10.2 Å². The fourth-order valence-corrected chi connectivity index (χ4v) is 5.13. The first-order chi connectivity index (χ1) is 15.8. The van der Waals surface area contributed by atoms with Crippen molar-refractivity contribution in [3.63, 3.8) is 0 Å². The minimum Gasteiger partial charge on any atom is -0.484 e. The molecule has 33 heavy (non-hydrogen) atoms. The second-order valence-corrected chi connectivity index (χ2v) is 9.26. The minimum atomic E-state index is -0.683. The summed E-state index contributed by atoms with van der Waals surface area (Å²) in [5.41, 5.74) is 0.230. The lowest BCUT2D eigenvalue weighted by atomic mass is 9.71. The zero-order chi connectivity index (χ0) is 23.6. The van der Waals surface area contributed by atoms with Crippen molar-refractivity contribution in [2.24, 2.45) is 5.92 Å². The van der Waals surface area contributed by atoms with E-state index in [2.05, 4.69) is 5.32 Å². The van der Waals surface area contributed by atoms with Crippen molar-refractivity contribution >= 4 is 22.8 Å². The van der Waals surface area contributed by atoms with Crippen molar-refractivity contribution in [3.8, 4) is 5.75 Å². The van der Waals surface area contributed by atoms with E-state index in [0.29, 0.717) is 37.3 Å². The van der Waals surface area contributed by atoms with Crippen LogP contribution < -0.4 is 15.7 Å². The average Bonchev–Trinajstić information content (AvgIpc) is 2.80. The van der Waals surface area contributed by atoms with E-state index in [4.69, 9.17) is 9.15 Å². The van der Waals surface area contributed by atoms with Crippen molar-refractivity contribution in [2.75, 3.05) is 19.7 Å². The first-order valence-corrected chi connectivity index (χ1v) is 11.8. The number of hydrogen-bond acceptors (Lipinski definition) is 6. The number of hydrogen-bond donors (Lipinski definition) is 2. The SMILES string of the molecule is CCc1cc(=O)oc2cc(OCC(=O)N[C@H](C)C(=O)N3CCC4(O)CCCCC4C3)ccc12. The van der Waals surface area contributed by atoms with Gasteiger partial charge < -0.3 is 24.5 Å². The van der Waals surface area contributed by atoms with Gasteiger partial charge in [-0.3, -0.25) is 9.59 Å². The topological polar surface area (TPSA) is 109 Å². The van der Waals surface area contributed by atoms with Gasteiger partial charge in [-0.05, 0) is 50.3 Å². The van der Waals surface area contributed by atoms with Crippen LogP contribution in [0.4, 0.5) is 0 Å². The second kappa shape index (κ2) is 9.55. The third kappa shape index (κ3) is 5.05. The highest BCUT2D eigenvalue weighted by Gasteiger charge is 2.44. The van der Waals surface area contributed by atoms with E-state index in [9.17, 15) is 19.5 Å². The smallest absolute Gasteiger partial charge is 0.336 e. The monoisotopic (exact) mass is 456 g/mol. The molecule has 2 unspecified atom stereocenters. The van der Waals surface area contributed by atoms with Gasteiger partial charge in [0, 0.05) is 36.5 Å². The molecule has 0 bridgehead atoms. The number of piperidine rings is 1. The Morgan fingerprint density at radius 2 is 2.12 bits per heavy atom. The average molecular weight is 457 g/mol. The molecule has 4 rings (SSSR count). The van der Waals surface area contributed by atoms with Crippen molar-refractivity contribution in [1.29, 1.82) is 0 Å². The summed E-state index contributed by atoms with van der Waals surface area (Å²) in [4.78, 5) is 38.8. The molecule has 2 aliphatic rings. The molecule has 1 aromatic heterocycles. The standard InChI is InChI=1S/C25H32N2O6/c1-3-17-12-23(29)33-21-13-19(7-8-20(17)21)32-15-22(28)26-16(2)24(30)27-11-10-25(31)9-5-4-6-18(25)14-27/h7-8,12-13,16,18,31H,3-6,9-11,14-15H2,1-2H3,(H,26,28)/t16-,18?,25?/m1/s1. The molecule has 2 fully saturated rings. The molecule has 8 nitrogen and oxygen atoms in total. The van der Waals surface area contributed by atoms with Crippen LogP contribution in [0.1, 0.15) is 51.5 Å². The van der Waals surface area contributed by atoms with Gasteiger partial charge >= 0.3 is 5.63 Å². The molecular weight excluding hydrogens is 424 g/mol.